The van der Waals surface area contributed by atoms with Crippen molar-refractivity contribution in [1.82, 2.24) is 0 Å². The maximum absolute atomic E-state index is 10.8. The molecule has 0 N–H and O–H groups in total. The standard InChI is InChI=1S/C18H35BO2.Zr/c1-2-3-4-5-6-7-8-9-10-11-12-13-14-15-16-17-18(20)21-19;/h2-17H2,1H3;. The van der Waals surface area contributed by atoms with Gasteiger partial charge < -0.3 is 4.65 Å². The number of carbonyl (C=O) groups is 1. The first-order valence-electron chi connectivity index (χ1n) is 9.20. The SMILES string of the molecule is [B]OC(=O)CCCCCCCCCCCCCCCCC.[Zr]. The Morgan fingerprint density at radius 2 is 1.00 bits per heavy atom. The van der Waals surface area contributed by atoms with Crippen LogP contribution in [0.1, 0.15) is 110 Å². The minimum Gasteiger partial charge on any atom is -0.543 e. The first-order chi connectivity index (χ1) is 10.3. The summed E-state index contributed by atoms with van der Waals surface area (Å²) in [5.41, 5.74) is 0. The summed E-state index contributed by atoms with van der Waals surface area (Å²) in [7, 11) is 4.78. The number of rotatable bonds is 16. The number of hydrogen-bond acceptors (Lipinski definition) is 2. The van der Waals surface area contributed by atoms with E-state index in [0.29, 0.717) is 6.42 Å². The van der Waals surface area contributed by atoms with Gasteiger partial charge in [0.2, 0.25) is 0 Å². The Kier molecular flexibility index (Phi) is 24.0. The van der Waals surface area contributed by atoms with Gasteiger partial charge in [-0.2, -0.15) is 0 Å². The van der Waals surface area contributed by atoms with Crippen molar-refractivity contribution in [2.75, 3.05) is 0 Å². The Hall–Kier alpha value is 0.418. The first kappa shape index (κ1) is 24.7. The van der Waals surface area contributed by atoms with E-state index in [-0.39, 0.29) is 32.2 Å². The van der Waals surface area contributed by atoms with Gasteiger partial charge in [0.05, 0.1) is 0 Å². The van der Waals surface area contributed by atoms with Gasteiger partial charge in [-0.3, -0.25) is 4.79 Å². The van der Waals surface area contributed by atoms with E-state index in [2.05, 4.69) is 11.6 Å². The maximum atomic E-state index is 10.8. The fraction of sp³-hybridized carbons (Fsp3) is 0.944. The van der Waals surface area contributed by atoms with Crippen LogP contribution in [0.2, 0.25) is 0 Å². The third kappa shape index (κ3) is 20.4. The molecule has 0 saturated heterocycles. The quantitative estimate of drug-likeness (QED) is 0.245. The molecule has 0 aliphatic rings. The minimum absolute atomic E-state index is 0. The molecule has 2 radical (unpaired) electrons. The van der Waals surface area contributed by atoms with Gasteiger partial charge >= 0.3 is 8.05 Å². The molecule has 0 saturated carbocycles. The van der Waals surface area contributed by atoms with Gasteiger partial charge in [0, 0.05) is 32.6 Å². The number of carbonyl (C=O) groups excluding carboxylic acids is 1. The average Bonchev–Trinajstić information content (AvgIpc) is 2.50. The summed E-state index contributed by atoms with van der Waals surface area (Å²) in [5, 5.41) is 0. The van der Waals surface area contributed by atoms with E-state index < -0.39 is 0 Å². The van der Waals surface area contributed by atoms with Crippen LogP contribution in [-0.4, -0.2) is 14.0 Å². The topological polar surface area (TPSA) is 26.3 Å². The van der Waals surface area contributed by atoms with E-state index >= 15 is 0 Å². The van der Waals surface area contributed by atoms with Gasteiger partial charge in [-0.05, 0) is 6.42 Å². The molecule has 22 heavy (non-hydrogen) atoms. The second-order valence-electron chi connectivity index (χ2n) is 6.19. The second kappa shape index (κ2) is 21.4. The van der Waals surface area contributed by atoms with E-state index in [0.717, 1.165) is 12.8 Å². The van der Waals surface area contributed by atoms with Crippen LogP contribution in [0.4, 0.5) is 0 Å². The van der Waals surface area contributed by atoms with Crippen LogP contribution >= 0.6 is 0 Å². The van der Waals surface area contributed by atoms with Crippen LogP contribution in [0.25, 0.3) is 0 Å². The van der Waals surface area contributed by atoms with E-state index in [4.69, 9.17) is 8.05 Å². The van der Waals surface area contributed by atoms with Crippen molar-refractivity contribution in [2.45, 2.75) is 110 Å². The van der Waals surface area contributed by atoms with Gasteiger partial charge in [-0.25, -0.2) is 0 Å². The summed E-state index contributed by atoms with van der Waals surface area (Å²) in [6.07, 6.45) is 20.5. The fourth-order valence-electron chi connectivity index (χ4n) is 2.70. The van der Waals surface area contributed by atoms with Gasteiger partial charge in [0.25, 0.3) is 5.97 Å². The summed E-state index contributed by atoms with van der Waals surface area (Å²) in [5.74, 6) is -0.287. The Morgan fingerprint density at radius 1 is 0.682 bits per heavy atom. The van der Waals surface area contributed by atoms with Crippen molar-refractivity contribution in [2.24, 2.45) is 0 Å². The molecule has 2 nitrogen and oxygen atoms in total. The molecule has 0 amide bonds. The summed E-state index contributed by atoms with van der Waals surface area (Å²) >= 11 is 0. The molecule has 0 aromatic heterocycles. The van der Waals surface area contributed by atoms with Crippen LogP contribution in [0.5, 0.6) is 0 Å². The molecular formula is C18H35BO2Zr. The van der Waals surface area contributed by atoms with Crippen LogP contribution in [0.3, 0.4) is 0 Å². The van der Waals surface area contributed by atoms with Crippen LogP contribution in [0, 0.1) is 0 Å². The molecular weight excluding hydrogens is 350 g/mol. The zero-order valence-electron chi connectivity index (χ0n) is 14.7. The van der Waals surface area contributed by atoms with E-state index in [9.17, 15) is 4.79 Å². The zero-order chi connectivity index (χ0) is 15.6. The molecule has 126 valence electrons. The van der Waals surface area contributed by atoms with Crippen LogP contribution < -0.4 is 0 Å². The largest absolute Gasteiger partial charge is 0.543 e. The van der Waals surface area contributed by atoms with Gasteiger partial charge in [0.1, 0.15) is 0 Å². The second-order valence-corrected chi connectivity index (χ2v) is 6.19. The minimum atomic E-state index is -0.287. The predicted molar refractivity (Wildman–Crippen MR) is 91.4 cm³/mol. The molecule has 0 rings (SSSR count). The molecule has 0 aromatic carbocycles. The maximum Gasteiger partial charge on any atom is 0.378 e. The summed E-state index contributed by atoms with van der Waals surface area (Å²) in [6, 6.07) is 0. The Balaban J connectivity index is 0. The third-order valence-electron chi connectivity index (χ3n) is 4.12. The Morgan fingerprint density at radius 3 is 1.32 bits per heavy atom. The Bertz CT molecular complexity index is 225. The first-order valence-corrected chi connectivity index (χ1v) is 9.20. The van der Waals surface area contributed by atoms with Gasteiger partial charge in [0.15, 0.2) is 0 Å². The third-order valence-corrected chi connectivity index (χ3v) is 4.12. The van der Waals surface area contributed by atoms with E-state index in [1.807, 2.05) is 0 Å². The normalized spacial score (nSPS) is 10.2. The smallest absolute Gasteiger partial charge is 0.378 e. The molecule has 0 bridgehead atoms. The summed E-state index contributed by atoms with van der Waals surface area (Å²) in [4.78, 5) is 10.8. The molecule has 4 heteroatoms. The summed E-state index contributed by atoms with van der Waals surface area (Å²) in [6.45, 7) is 2.27. The van der Waals surface area contributed by atoms with Gasteiger partial charge in [-0.15, -0.1) is 0 Å². The fourth-order valence-corrected chi connectivity index (χ4v) is 2.70. The van der Waals surface area contributed by atoms with Crippen molar-refractivity contribution >= 4 is 14.0 Å². The zero-order valence-corrected chi connectivity index (χ0v) is 17.2. The van der Waals surface area contributed by atoms with Crippen molar-refractivity contribution in [3.63, 3.8) is 0 Å². The molecule has 0 aromatic rings. The molecule has 0 fully saturated rings. The van der Waals surface area contributed by atoms with Crippen molar-refractivity contribution in [3.8, 4) is 0 Å². The Labute approximate surface area is 159 Å². The number of hydrogen-bond donors (Lipinski definition) is 0. The molecule has 0 unspecified atom stereocenters. The molecule has 0 aliphatic heterocycles. The van der Waals surface area contributed by atoms with Crippen molar-refractivity contribution in [3.05, 3.63) is 0 Å². The molecule has 0 atom stereocenters. The van der Waals surface area contributed by atoms with Crippen molar-refractivity contribution < 1.29 is 35.7 Å². The monoisotopic (exact) mass is 384 g/mol. The summed E-state index contributed by atoms with van der Waals surface area (Å²) < 4.78 is 4.13. The van der Waals surface area contributed by atoms with Crippen LogP contribution in [-0.2, 0) is 35.7 Å². The van der Waals surface area contributed by atoms with E-state index in [1.54, 1.807) is 0 Å². The average molecular weight is 386 g/mol. The number of unbranched alkanes of at least 4 members (excludes halogenated alkanes) is 14. The predicted octanol–water partition coefficient (Wildman–Crippen LogP) is 5.87. The van der Waals surface area contributed by atoms with Crippen molar-refractivity contribution in [1.29, 1.82) is 0 Å². The van der Waals surface area contributed by atoms with Gasteiger partial charge in [-0.1, -0.05) is 96.8 Å². The molecule has 0 aliphatic carbocycles. The van der Waals surface area contributed by atoms with E-state index in [1.165, 1.54) is 83.5 Å². The van der Waals surface area contributed by atoms with Crippen LogP contribution in [0.15, 0.2) is 0 Å². The molecule has 0 spiro atoms. The molecule has 0 heterocycles.